The van der Waals surface area contributed by atoms with Gasteiger partial charge in [-0.3, -0.25) is 0 Å². The third-order valence-corrected chi connectivity index (χ3v) is 3.59. The lowest BCUT2D eigenvalue weighted by molar-refractivity contribution is 0.237. The number of piperidine rings is 1. The molecule has 1 heterocycles. The van der Waals surface area contributed by atoms with Crippen molar-refractivity contribution in [3.05, 3.63) is 34.9 Å². The number of nitrogens with one attached hydrogen (secondary N) is 1. The molecule has 1 N–H and O–H groups in total. The summed E-state index contributed by atoms with van der Waals surface area (Å²) in [7, 11) is 2.20. The molecular formula is C14H22Cl2N2. The maximum Gasteiger partial charge on any atom is 0.0406 e. The number of nitrogens with zero attached hydrogens (tertiary/aromatic N) is 1. The topological polar surface area (TPSA) is 15.3 Å². The van der Waals surface area contributed by atoms with Crippen LogP contribution in [-0.4, -0.2) is 31.6 Å². The van der Waals surface area contributed by atoms with Crippen LogP contribution in [0, 0.1) is 5.92 Å². The Morgan fingerprint density at radius 1 is 1.33 bits per heavy atom. The van der Waals surface area contributed by atoms with E-state index in [4.69, 9.17) is 11.6 Å². The van der Waals surface area contributed by atoms with Gasteiger partial charge in [-0.1, -0.05) is 23.7 Å². The Morgan fingerprint density at radius 3 is 2.67 bits per heavy atom. The molecule has 1 atom stereocenters. The molecule has 1 aromatic carbocycles. The van der Waals surface area contributed by atoms with Gasteiger partial charge in [-0.2, -0.15) is 0 Å². The molecule has 0 aliphatic carbocycles. The first-order chi connectivity index (χ1) is 8.24. The van der Waals surface area contributed by atoms with Crippen molar-refractivity contribution in [1.82, 2.24) is 10.2 Å². The molecule has 4 heteroatoms. The Bertz CT molecular complexity index is 334. The van der Waals surface area contributed by atoms with Crippen LogP contribution in [0.3, 0.4) is 0 Å². The van der Waals surface area contributed by atoms with E-state index in [2.05, 4.69) is 29.4 Å². The van der Waals surface area contributed by atoms with Crippen LogP contribution in [-0.2, 0) is 6.54 Å². The minimum Gasteiger partial charge on any atom is -0.316 e. The van der Waals surface area contributed by atoms with Gasteiger partial charge >= 0.3 is 0 Å². The van der Waals surface area contributed by atoms with Crippen LogP contribution >= 0.6 is 24.0 Å². The van der Waals surface area contributed by atoms with E-state index in [1.807, 2.05) is 12.1 Å². The van der Waals surface area contributed by atoms with Crippen LogP contribution in [0.15, 0.2) is 24.3 Å². The molecular weight excluding hydrogens is 267 g/mol. The van der Waals surface area contributed by atoms with Gasteiger partial charge in [0.05, 0.1) is 0 Å². The first kappa shape index (κ1) is 15.8. The fourth-order valence-corrected chi connectivity index (χ4v) is 2.61. The third-order valence-electron chi connectivity index (χ3n) is 3.33. The van der Waals surface area contributed by atoms with E-state index in [0.29, 0.717) is 0 Å². The van der Waals surface area contributed by atoms with Gasteiger partial charge in [0.1, 0.15) is 0 Å². The highest BCUT2D eigenvalue weighted by atomic mass is 35.5. The van der Waals surface area contributed by atoms with E-state index in [1.54, 1.807) is 0 Å². The first-order valence-corrected chi connectivity index (χ1v) is 6.75. The summed E-state index contributed by atoms with van der Waals surface area (Å²) in [5.41, 5.74) is 1.33. The first-order valence-electron chi connectivity index (χ1n) is 6.38. The molecule has 1 aromatic rings. The molecule has 1 saturated heterocycles. The average Bonchev–Trinajstić information content (AvgIpc) is 2.33. The van der Waals surface area contributed by atoms with Gasteiger partial charge in [0, 0.05) is 18.1 Å². The van der Waals surface area contributed by atoms with Crippen LogP contribution in [0.1, 0.15) is 18.4 Å². The maximum atomic E-state index is 5.88. The zero-order valence-electron chi connectivity index (χ0n) is 10.9. The van der Waals surface area contributed by atoms with Crippen molar-refractivity contribution in [2.75, 3.05) is 26.7 Å². The summed E-state index contributed by atoms with van der Waals surface area (Å²) in [5, 5.41) is 4.28. The fourth-order valence-electron chi connectivity index (χ4n) is 2.49. The molecule has 2 nitrogen and oxygen atoms in total. The highest BCUT2D eigenvalue weighted by Crippen LogP contribution is 2.14. The standard InChI is InChI=1S/C14H21ClN2.ClH/c1-17(11-13-3-2-8-16-9-13)10-12-4-6-14(15)7-5-12;/h4-7,13,16H,2-3,8-11H2,1H3;1H. The molecule has 0 radical (unpaired) electrons. The largest absolute Gasteiger partial charge is 0.316 e. The predicted molar refractivity (Wildman–Crippen MR) is 80.6 cm³/mol. The van der Waals surface area contributed by atoms with E-state index in [9.17, 15) is 0 Å². The summed E-state index contributed by atoms with van der Waals surface area (Å²) in [6.45, 7) is 4.55. The second-order valence-corrected chi connectivity index (χ2v) is 5.47. The molecule has 2 rings (SSSR count). The number of hydrogen-bond donors (Lipinski definition) is 1. The van der Waals surface area contributed by atoms with Gasteiger partial charge in [0.15, 0.2) is 0 Å². The summed E-state index contributed by atoms with van der Waals surface area (Å²) in [6.07, 6.45) is 2.68. The Balaban J connectivity index is 0.00000162. The summed E-state index contributed by atoms with van der Waals surface area (Å²) in [6, 6.07) is 8.15. The van der Waals surface area contributed by atoms with Gasteiger partial charge in [0.25, 0.3) is 0 Å². The Kier molecular flexibility index (Phi) is 7.02. The molecule has 0 amide bonds. The summed E-state index contributed by atoms with van der Waals surface area (Å²) in [5.74, 6) is 0.807. The Labute approximate surface area is 121 Å². The summed E-state index contributed by atoms with van der Waals surface area (Å²) in [4.78, 5) is 2.40. The zero-order chi connectivity index (χ0) is 12.1. The average molecular weight is 289 g/mol. The van der Waals surface area contributed by atoms with E-state index in [0.717, 1.165) is 17.5 Å². The lowest BCUT2D eigenvalue weighted by Gasteiger charge is -2.27. The quantitative estimate of drug-likeness (QED) is 0.915. The van der Waals surface area contributed by atoms with Gasteiger partial charge in [0.2, 0.25) is 0 Å². The molecule has 1 fully saturated rings. The van der Waals surface area contributed by atoms with Gasteiger partial charge in [-0.15, -0.1) is 12.4 Å². The smallest absolute Gasteiger partial charge is 0.0406 e. The molecule has 1 aliphatic heterocycles. The zero-order valence-corrected chi connectivity index (χ0v) is 12.4. The van der Waals surface area contributed by atoms with Crippen LogP contribution in [0.25, 0.3) is 0 Å². The summed E-state index contributed by atoms with van der Waals surface area (Å²) < 4.78 is 0. The van der Waals surface area contributed by atoms with Gasteiger partial charge in [-0.05, 0) is 56.6 Å². The Hall–Kier alpha value is -0.280. The predicted octanol–water partition coefficient (Wildman–Crippen LogP) is 3.19. The highest BCUT2D eigenvalue weighted by Gasteiger charge is 2.14. The van der Waals surface area contributed by atoms with Crippen molar-refractivity contribution in [2.45, 2.75) is 19.4 Å². The van der Waals surface area contributed by atoms with E-state index < -0.39 is 0 Å². The molecule has 1 aliphatic rings. The highest BCUT2D eigenvalue weighted by molar-refractivity contribution is 6.30. The molecule has 0 aromatic heterocycles. The van der Waals surface area contributed by atoms with Crippen LogP contribution in [0.4, 0.5) is 0 Å². The number of rotatable bonds is 4. The Morgan fingerprint density at radius 2 is 2.06 bits per heavy atom. The monoisotopic (exact) mass is 288 g/mol. The lowest BCUT2D eigenvalue weighted by atomic mass is 9.99. The molecule has 0 spiro atoms. The minimum atomic E-state index is 0. The van der Waals surface area contributed by atoms with Crippen molar-refractivity contribution in [3.63, 3.8) is 0 Å². The SMILES string of the molecule is CN(Cc1ccc(Cl)cc1)CC1CCCNC1.Cl. The molecule has 0 bridgehead atoms. The van der Waals surface area contributed by atoms with Crippen molar-refractivity contribution >= 4 is 24.0 Å². The van der Waals surface area contributed by atoms with Crippen molar-refractivity contribution in [3.8, 4) is 0 Å². The van der Waals surface area contributed by atoms with Gasteiger partial charge < -0.3 is 10.2 Å². The number of hydrogen-bond acceptors (Lipinski definition) is 2. The number of benzene rings is 1. The second kappa shape index (κ2) is 8.00. The molecule has 1 unspecified atom stereocenters. The summed E-state index contributed by atoms with van der Waals surface area (Å²) >= 11 is 5.88. The second-order valence-electron chi connectivity index (χ2n) is 5.04. The van der Waals surface area contributed by atoms with Crippen molar-refractivity contribution in [1.29, 1.82) is 0 Å². The van der Waals surface area contributed by atoms with Crippen LogP contribution in [0.5, 0.6) is 0 Å². The van der Waals surface area contributed by atoms with E-state index in [-0.39, 0.29) is 12.4 Å². The van der Waals surface area contributed by atoms with Crippen molar-refractivity contribution < 1.29 is 0 Å². The third kappa shape index (κ3) is 5.15. The molecule has 102 valence electrons. The van der Waals surface area contributed by atoms with Crippen LogP contribution < -0.4 is 5.32 Å². The molecule has 18 heavy (non-hydrogen) atoms. The minimum absolute atomic E-state index is 0. The number of halogens is 2. The maximum absolute atomic E-state index is 5.88. The van der Waals surface area contributed by atoms with Crippen molar-refractivity contribution in [2.24, 2.45) is 5.92 Å². The van der Waals surface area contributed by atoms with Crippen LogP contribution in [0.2, 0.25) is 5.02 Å². The lowest BCUT2D eigenvalue weighted by Crippen LogP contribution is -2.36. The van der Waals surface area contributed by atoms with E-state index >= 15 is 0 Å². The molecule has 0 saturated carbocycles. The van der Waals surface area contributed by atoms with E-state index in [1.165, 1.54) is 38.0 Å². The van der Waals surface area contributed by atoms with Gasteiger partial charge in [-0.25, -0.2) is 0 Å². The normalized spacial score (nSPS) is 19.6. The fraction of sp³-hybridized carbons (Fsp3) is 0.571.